The molecule has 9 heteroatoms. The Morgan fingerprint density at radius 3 is 2.29 bits per heavy atom. The van der Waals surface area contributed by atoms with Crippen LogP contribution in [0, 0.1) is 0 Å². The molecule has 0 spiro atoms. The van der Waals surface area contributed by atoms with E-state index < -0.39 is 35.8 Å². The normalized spacial score (nSPS) is 21.3. The molecule has 0 radical (unpaired) electrons. The molecule has 35 heavy (non-hydrogen) atoms. The first-order valence-corrected chi connectivity index (χ1v) is 12.3. The van der Waals surface area contributed by atoms with Crippen LogP contribution in [0.5, 0.6) is 0 Å². The van der Waals surface area contributed by atoms with Crippen LogP contribution in [-0.4, -0.2) is 77.6 Å². The molecule has 0 bridgehead atoms. The Labute approximate surface area is 207 Å². The second-order valence-corrected chi connectivity index (χ2v) is 10.1. The second kappa shape index (κ2) is 11.6. The summed E-state index contributed by atoms with van der Waals surface area (Å²) in [6, 6.07) is 7.14. The average molecular weight is 488 g/mol. The van der Waals surface area contributed by atoms with Gasteiger partial charge in [-0.05, 0) is 58.4 Å². The number of carbonyl (C=O) groups excluding carboxylic acids is 4. The third kappa shape index (κ3) is 6.96. The molecule has 2 heterocycles. The summed E-state index contributed by atoms with van der Waals surface area (Å²) in [5.74, 6) is -1.17. The zero-order valence-corrected chi connectivity index (χ0v) is 21.1. The number of amides is 3. The van der Waals surface area contributed by atoms with Crippen LogP contribution in [0.2, 0.25) is 0 Å². The number of methoxy groups -OCH3 is 1. The lowest BCUT2D eigenvalue weighted by atomic mass is 9.98. The van der Waals surface area contributed by atoms with Gasteiger partial charge in [-0.15, -0.1) is 0 Å². The van der Waals surface area contributed by atoms with E-state index in [1.54, 1.807) is 25.7 Å². The minimum atomic E-state index is -0.862. The van der Waals surface area contributed by atoms with Gasteiger partial charge in [-0.25, -0.2) is 9.59 Å². The summed E-state index contributed by atoms with van der Waals surface area (Å²) in [5, 5.41) is 2.81. The van der Waals surface area contributed by atoms with Crippen molar-refractivity contribution in [3.8, 4) is 0 Å². The molecule has 1 N–H and O–H groups in total. The van der Waals surface area contributed by atoms with Gasteiger partial charge in [0.25, 0.3) is 0 Å². The molecule has 2 aliphatic rings. The predicted octanol–water partition coefficient (Wildman–Crippen LogP) is 2.67. The van der Waals surface area contributed by atoms with Crippen LogP contribution >= 0.6 is 0 Å². The summed E-state index contributed by atoms with van der Waals surface area (Å²) in [6.07, 6.45) is 3.07. The lowest BCUT2D eigenvalue weighted by molar-refractivity contribution is -0.149. The Bertz CT molecular complexity index is 913. The van der Waals surface area contributed by atoms with E-state index in [-0.39, 0.29) is 18.2 Å². The number of likely N-dealkylation sites (tertiary alicyclic amines) is 2. The van der Waals surface area contributed by atoms with Gasteiger partial charge in [0.1, 0.15) is 23.7 Å². The maximum absolute atomic E-state index is 13.6. The van der Waals surface area contributed by atoms with Crippen molar-refractivity contribution in [3.05, 3.63) is 35.9 Å². The molecule has 1 aromatic rings. The van der Waals surface area contributed by atoms with Gasteiger partial charge < -0.3 is 19.7 Å². The van der Waals surface area contributed by atoms with Crippen LogP contribution in [0.3, 0.4) is 0 Å². The smallest absolute Gasteiger partial charge is 0.410 e. The Morgan fingerprint density at radius 1 is 0.971 bits per heavy atom. The lowest BCUT2D eigenvalue weighted by Crippen LogP contribution is -2.59. The number of rotatable bonds is 6. The minimum Gasteiger partial charge on any atom is -0.467 e. The van der Waals surface area contributed by atoms with E-state index >= 15 is 0 Å². The molecule has 3 atom stereocenters. The molecular weight excluding hydrogens is 450 g/mol. The molecule has 9 nitrogen and oxygen atoms in total. The van der Waals surface area contributed by atoms with Crippen molar-refractivity contribution >= 4 is 23.9 Å². The largest absolute Gasteiger partial charge is 0.467 e. The van der Waals surface area contributed by atoms with Gasteiger partial charge in [-0.1, -0.05) is 30.3 Å². The SMILES string of the molecule is COC(=O)[C@H](Cc1ccccc1)NC(=O)C1CCCCN1C(=O)[C@@H]1CCCN1C(=O)OC(C)(C)C. The van der Waals surface area contributed by atoms with E-state index in [0.717, 1.165) is 18.4 Å². The van der Waals surface area contributed by atoms with Gasteiger partial charge in [0, 0.05) is 19.5 Å². The third-order valence-electron chi connectivity index (χ3n) is 6.34. The number of ether oxygens (including phenoxy) is 2. The van der Waals surface area contributed by atoms with Crippen LogP contribution in [0.1, 0.15) is 58.4 Å². The fourth-order valence-electron chi connectivity index (χ4n) is 4.68. The summed E-state index contributed by atoms with van der Waals surface area (Å²) in [6.45, 7) is 6.23. The van der Waals surface area contributed by atoms with E-state index in [0.29, 0.717) is 32.4 Å². The zero-order valence-electron chi connectivity index (χ0n) is 21.1. The van der Waals surface area contributed by atoms with Gasteiger partial charge >= 0.3 is 12.1 Å². The zero-order chi connectivity index (χ0) is 25.6. The highest BCUT2D eigenvalue weighted by molar-refractivity contribution is 5.93. The molecule has 192 valence electrons. The Kier molecular flexibility index (Phi) is 8.75. The average Bonchev–Trinajstić information content (AvgIpc) is 3.32. The summed E-state index contributed by atoms with van der Waals surface area (Å²) in [5.41, 5.74) is 0.223. The van der Waals surface area contributed by atoms with Gasteiger partial charge in [0.05, 0.1) is 7.11 Å². The predicted molar refractivity (Wildman–Crippen MR) is 129 cm³/mol. The number of nitrogens with one attached hydrogen (secondary N) is 1. The molecule has 2 fully saturated rings. The van der Waals surface area contributed by atoms with Crippen molar-refractivity contribution in [1.29, 1.82) is 0 Å². The van der Waals surface area contributed by atoms with Gasteiger partial charge in [-0.3, -0.25) is 14.5 Å². The van der Waals surface area contributed by atoms with Crippen molar-refractivity contribution in [2.45, 2.75) is 83.0 Å². The number of carbonyl (C=O) groups is 4. The van der Waals surface area contributed by atoms with Crippen LogP contribution in [-0.2, 0) is 30.3 Å². The topological polar surface area (TPSA) is 105 Å². The van der Waals surface area contributed by atoms with Crippen molar-refractivity contribution in [1.82, 2.24) is 15.1 Å². The first kappa shape index (κ1) is 26.5. The molecule has 2 saturated heterocycles. The van der Waals surface area contributed by atoms with Crippen molar-refractivity contribution in [2.75, 3.05) is 20.2 Å². The maximum Gasteiger partial charge on any atom is 0.410 e. The van der Waals surface area contributed by atoms with Crippen LogP contribution < -0.4 is 5.32 Å². The standard InChI is InChI=1S/C26H37N3O6/c1-26(2,3)35-25(33)29-16-10-14-21(29)23(31)28-15-9-8-13-20(28)22(30)27-19(24(32)34-4)17-18-11-6-5-7-12-18/h5-7,11-12,19-21H,8-10,13-17H2,1-4H3,(H,27,30)/t19-,20?,21-/m0/s1. The van der Waals surface area contributed by atoms with E-state index in [1.165, 1.54) is 12.0 Å². The highest BCUT2D eigenvalue weighted by atomic mass is 16.6. The van der Waals surface area contributed by atoms with E-state index in [1.807, 2.05) is 30.3 Å². The number of esters is 1. The molecule has 0 saturated carbocycles. The summed E-state index contributed by atoms with van der Waals surface area (Å²) >= 11 is 0. The summed E-state index contributed by atoms with van der Waals surface area (Å²) < 4.78 is 10.4. The Morgan fingerprint density at radius 2 is 1.63 bits per heavy atom. The number of nitrogens with zero attached hydrogens (tertiary/aromatic N) is 2. The van der Waals surface area contributed by atoms with Crippen molar-refractivity contribution < 1.29 is 28.7 Å². The van der Waals surface area contributed by atoms with Crippen molar-refractivity contribution in [3.63, 3.8) is 0 Å². The molecule has 3 rings (SSSR count). The van der Waals surface area contributed by atoms with Crippen molar-refractivity contribution in [2.24, 2.45) is 0 Å². The first-order chi connectivity index (χ1) is 16.6. The summed E-state index contributed by atoms with van der Waals surface area (Å²) in [4.78, 5) is 55.1. The molecular formula is C26H37N3O6. The fourth-order valence-corrected chi connectivity index (χ4v) is 4.68. The molecule has 3 amide bonds. The number of hydrogen-bond acceptors (Lipinski definition) is 6. The minimum absolute atomic E-state index is 0.245. The monoisotopic (exact) mass is 487 g/mol. The van der Waals surface area contributed by atoms with Gasteiger partial charge in [-0.2, -0.15) is 0 Å². The Balaban J connectivity index is 1.73. The number of piperidine rings is 1. The fraction of sp³-hybridized carbons (Fsp3) is 0.615. The van der Waals surface area contributed by atoms with E-state index in [4.69, 9.17) is 9.47 Å². The number of hydrogen-bond donors (Lipinski definition) is 1. The number of benzene rings is 1. The van der Waals surface area contributed by atoms with Crippen LogP contribution in [0.25, 0.3) is 0 Å². The van der Waals surface area contributed by atoms with Gasteiger partial charge in [0.2, 0.25) is 11.8 Å². The van der Waals surface area contributed by atoms with E-state index in [9.17, 15) is 19.2 Å². The molecule has 2 aliphatic heterocycles. The molecule has 0 aliphatic carbocycles. The maximum atomic E-state index is 13.6. The second-order valence-electron chi connectivity index (χ2n) is 10.1. The molecule has 1 unspecified atom stereocenters. The highest BCUT2D eigenvalue weighted by Gasteiger charge is 2.42. The highest BCUT2D eigenvalue weighted by Crippen LogP contribution is 2.26. The third-order valence-corrected chi connectivity index (χ3v) is 6.34. The summed E-state index contributed by atoms with van der Waals surface area (Å²) in [7, 11) is 1.29. The van der Waals surface area contributed by atoms with Gasteiger partial charge in [0.15, 0.2) is 0 Å². The lowest BCUT2D eigenvalue weighted by Gasteiger charge is -2.38. The Hall–Kier alpha value is -3.10. The first-order valence-electron chi connectivity index (χ1n) is 12.3. The van der Waals surface area contributed by atoms with E-state index in [2.05, 4.69) is 5.32 Å². The quantitative estimate of drug-likeness (QED) is 0.619. The molecule has 1 aromatic carbocycles. The van der Waals surface area contributed by atoms with Crippen LogP contribution in [0.4, 0.5) is 4.79 Å². The van der Waals surface area contributed by atoms with Crippen LogP contribution in [0.15, 0.2) is 30.3 Å². The molecule has 0 aromatic heterocycles.